The highest BCUT2D eigenvalue weighted by molar-refractivity contribution is 7.91. The molecule has 202 valence electrons. The third-order valence-electron chi connectivity index (χ3n) is 6.57. The molecular formula is C26H35N3O6S2. The molecule has 1 atom stereocenters. The molecule has 1 spiro atoms. The maximum absolute atomic E-state index is 13.0. The number of sulfone groups is 1. The van der Waals surface area contributed by atoms with Gasteiger partial charge in [-0.15, -0.1) is 11.3 Å². The molecule has 1 unspecified atom stereocenters. The molecule has 1 saturated heterocycles. The average molecular weight is 550 g/mol. The molecule has 0 saturated carbocycles. The Hall–Kier alpha value is -2.50. The van der Waals surface area contributed by atoms with E-state index in [9.17, 15) is 18.0 Å². The number of thiophene rings is 1. The van der Waals surface area contributed by atoms with Crippen molar-refractivity contribution in [3.8, 4) is 0 Å². The molecule has 9 nitrogen and oxygen atoms in total. The molecule has 2 aliphatic heterocycles. The summed E-state index contributed by atoms with van der Waals surface area (Å²) in [6.45, 7) is 10.4. The third kappa shape index (κ3) is 6.15. The average Bonchev–Trinajstić information content (AvgIpc) is 3.27. The van der Waals surface area contributed by atoms with Crippen LogP contribution in [-0.4, -0.2) is 60.8 Å². The van der Waals surface area contributed by atoms with Crippen molar-refractivity contribution < 1.29 is 27.5 Å². The van der Waals surface area contributed by atoms with Gasteiger partial charge in [0.25, 0.3) is 5.91 Å². The fourth-order valence-corrected chi connectivity index (χ4v) is 6.83. The number of nitrogens with one attached hydrogen (secondary N) is 1. The second-order valence-electron chi connectivity index (χ2n) is 10.6. The van der Waals surface area contributed by atoms with E-state index in [0.717, 1.165) is 16.9 Å². The third-order valence-corrected chi connectivity index (χ3v) is 9.65. The van der Waals surface area contributed by atoms with Gasteiger partial charge in [-0.3, -0.25) is 9.78 Å². The van der Waals surface area contributed by atoms with Gasteiger partial charge in [0.05, 0.1) is 33.9 Å². The van der Waals surface area contributed by atoms with Gasteiger partial charge in [-0.1, -0.05) is 6.92 Å². The second-order valence-corrected chi connectivity index (χ2v) is 14.0. The highest BCUT2D eigenvalue weighted by atomic mass is 32.2. The Morgan fingerprint density at radius 2 is 1.97 bits per heavy atom. The summed E-state index contributed by atoms with van der Waals surface area (Å²) in [6, 6.07) is 5.08. The molecule has 0 radical (unpaired) electrons. The largest absolute Gasteiger partial charge is 0.444 e. The highest BCUT2D eigenvalue weighted by Gasteiger charge is 2.45. The normalized spacial score (nSPS) is 19.4. The first-order valence-corrected chi connectivity index (χ1v) is 15.0. The zero-order valence-electron chi connectivity index (χ0n) is 22.0. The van der Waals surface area contributed by atoms with Crippen molar-refractivity contribution in [2.45, 2.75) is 82.6 Å². The second kappa shape index (κ2) is 10.3. The van der Waals surface area contributed by atoms with Crippen molar-refractivity contribution in [1.82, 2.24) is 15.2 Å². The number of nitrogens with zero attached hydrogens (tertiary/aromatic N) is 2. The van der Waals surface area contributed by atoms with Crippen LogP contribution in [0.25, 0.3) is 0 Å². The lowest BCUT2D eigenvalue weighted by molar-refractivity contribution is -0.129. The van der Waals surface area contributed by atoms with E-state index in [0.29, 0.717) is 36.5 Å². The lowest BCUT2D eigenvalue weighted by Crippen LogP contribution is -2.50. The molecule has 4 rings (SSSR count). The van der Waals surface area contributed by atoms with E-state index in [-0.39, 0.29) is 35.3 Å². The number of pyridine rings is 1. The van der Waals surface area contributed by atoms with Crippen molar-refractivity contribution in [3.05, 3.63) is 45.4 Å². The zero-order chi connectivity index (χ0) is 27.0. The van der Waals surface area contributed by atoms with Gasteiger partial charge in [0.1, 0.15) is 11.2 Å². The molecule has 2 amide bonds. The van der Waals surface area contributed by atoms with Crippen LogP contribution in [0, 0.1) is 0 Å². The molecule has 2 aromatic rings. The number of hydrogen-bond acceptors (Lipinski definition) is 8. The van der Waals surface area contributed by atoms with E-state index in [1.807, 2.05) is 33.8 Å². The van der Waals surface area contributed by atoms with E-state index >= 15 is 0 Å². The van der Waals surface area contributed by atoms with Crippen molar-refractivity contribution in [3.63, 3.8) is 0 Å². The number of piperidine rings is 1. The van der Waals surface area contributed by atoms with Crippen LogP contribution in [0.1, 0.15) is 73.3 Å². The summed E-state index contributed by atoms with van der Waals surface area (Å²) >= 11 is 1.44. The monoisotopic (exact) mass is 549 g/mol. The van der Waals surface area contributed by atoms with E-state index < -0.39 is 21.0 Å². The van der Waals surface area contributed by atoms with Crippen LogP contribution in [-0.2, 0) is 37.9 Å². The van der Waals surface area contributed by atoms with Gasteiger partial charge >= 0.3 is 6.09 Å². The maximum Gasteiger partial charge on any atom is 0.410 e. The Balaban J connectivity index is 1.44. The Morgan fingerprint density at radius 1 is 1.27 bits per heavy atom. The lowest BCUT2D eigenvalue weighted by Gasteiger charge is -2.45. The summed E-state index contributed by atoms with van der Waals surface area (Å²) in [7, 11) is -3.31. The highest BCUT2D eigenvalue weighted by Crippen LogP contribution is 2.47. The van der Waals surface area contributed by atoms with Crippen LogP contribution in [0.5, 0.6) is 0 Å². The molecule has 2 aliphatic rings. The number of likely N-dealkylation sites (tertiary alicyclic amines) is 1. The summed E-state index contributed by atoms with van der Waals surface area (Å²) in [5.74, 6) is -0.197. The fourth-order valence-electron chi connectivity index (χ4n) is 4.71. The van der Waals surface area contributed by atoms with Crippen LogP contribution in [0.2, 0.25) is 0 Å². The van der Waals surface area contributed by atoms with Gasteiger partial charge in [-0.05, 0) is 70.7 Å². The number of aromatic nitrogens is 1. The number of ether oxygens (including phenoxy) is 2. The first-order chi connectivity index (χ1) is 17.3. The van der Waals surface area contributed by atoms with Crippen molar-refractivity contribution in [2.75, 3.05) is 18.8 Å². The molecule has 2 aromatic heterocycles. The molecule has 1 N–H and O–H groups in total. The van der Waals surface area contributed by atoms with E-state index in [4.69, 9.17) is 9.47 Å². The van der Waals surface area contributed by atoms with Gasteiger partial charge in [0.15, 0.2) is 9.84 Å². The summed E-state index contributed by atoms with van der Waals surface area (Å²) in [5.41, 5.74) is 0.631. The smallest absolute Gasteiger partial charge is 0.410 e. The molecule has 37 heavy (non-hydrogen) atoms. The Labute approximate surface area is 222 Å². The standard InChI is InChI=1S/C26H35N3O6S2/c1-6-37(32,33)20-8-7-19(27-16-20)15-28-23(30)21-14-18-13-17(2)34-26(22(18)36-21)9-11-29(12-10-26)24(31)35-25(3,4)5/h7-8,14,16-17H,6,9-13,15H2,1-5H3,(H,28,30). The molecule has 11 heteroatoms. The number of amides is 2. The first kappa shape index (κ1) is 27.5. The minimum Gasteiger partial charge on any atom is -0.444 e. The van der Waals surface area contributed by atoms with Gasteiger partial charge in [-0.25, -0.2) is 13.2 Å². The summed E-state index contributed by atoms with van der Waals surface area (Å²) in [4.78, 5) is 33.3. The molecular weight excluding hydrogens is 514 g/mol. The molecule has 4 heterocycles. The number of carbonyl (C=O) groups is 2. The fraction of sp³-hybridized carbons (Fsp3) is 0.577. The van der Waals surface area contributed by atoms with Crippen molar-refractivity contribution >= 4 is 33.2 Å². The SMILES string of the molecule is CCS(=O)(=O)c1ccc(CNC(=O)c2cc3c(s2)C2(CCN(C(=O)OC(C)(C)C)CC2)OC(C)C3)nc1. The van der Waals surface area contributed by atoms with Gasteiger partial charge < -0.3 is 19.7 Å². The van der Waals surface area contributed by atoms with Gasteiger partial charge in [-0.2, -0.15) is 0 Å². The van der Waals surface area contributed by atoms with E-state index in [1.165, 1.54) is 23.6 Å². The zero-order valence-corrected chi connectivity index (χ0v) is 23.6. The molecule has 0 bridgehead atoms. The predicted octanol–water partition coefficient (Wildman–Crippen LogP) is 4.05. The number of fused-ring (bicyclic) bond motifs is 2. The van der Waals surface area contributed by atoms with E-state index in [1.54, 1.807) is 17.9 Å². The van der Waals surface area contributed by atoms with Crippen LogP contribution < -0.4 is 5.32 Å². The van der Waals surface area contributed by atoms with Crippen LogP contribution >= 0.6 is 11.3 Å². The Bertz CT molecular complexity index is 1260. The maximum atomic E-state index is 13.0. The molecule has 0 aromatic carbocycles. The van der Waals surface area contributed by atoms with Crippen molar-refractivity contribution in [1.29, 1.82) is 0 Å². The number of rotatable bonds is 5. The predicted molar refractivity (Wildman–Crippen MR) is 140 cm³/mol. The summed E-state index contributed by atoms with van der Waals surface area (Å²) < 4.78 is 36.0. The number of carbonyl (C=O) groups excluding carboxylic acids is 2. The topological polar surface area (TPSA) is 115 Å². The van der Waals surface area contributed by atoms with Crippen molar-refractivity contribution in [2.24, 2.45) is 0 Å². The lowest BCUT2D eigenvalue weighted by atomic mass is 9.84. The Morgan fingerprint density at radius 3 is 2.57 bits per heavy atom. The molecule has 1 fully saturated rings. The summed E-state index contributed by atoms with van der Waals surface area (Å²) in [5, 5.41) is 2.89. The van der Waals surface area contributed by atoms with E-state index in [2.05, 4.69) is 10.3 Å². The Kier molecular flexibility index (Phi) is 7.69. The van der Waals surface area contributed by atoms with Gasteiger partial charge in [0.2, 0.25) is 0 Å². The van der Waals surface area contributed by atoms with Crippen LogP contribution in [0.4, 0.5) is 4.79 Å². The number of hydrogen-bond donors (Lipinski definition) is 1. The molecule has 0 aliphatic carbocycles. The first-order valence-electron chi connectivity index (χ1n) is 12.6. The minimum absolute atomic E-state index is 0.00759. The van der Waals surface area contributed by atoms with Crippen LogP contribution in [0.3, 0.4) is 0 Å². The quantitative estimate of drug-likeness (QED) is 0.598. The summed E-state index contributed by atoms with van der Waals surface area (Å²) in [6.07, 6.45) is 3.03. The van der Waals surface area contributed by atoms with Gasteiger partial charge in [0, 0.05) is 24.2 Å². The minimum atomic E-state index is -3.31. The van der Waals surface area contributed by atoms with Crippen LogP contribution in [0.15, 0.2) is 29.3 Å².